The number of aromatic nitrogens is 6. The maximum atomic E-state index is 12.9. The summed E-state index contributed by atoms with van der Waals surface area (Å²) < 4.78 is 0. The number of β-lactam (4-membered cyclic amide) rings is 1. The Hall–Kier alpha value is -3.47. The summed E-state index contributed by atoms with van der Waals surface area (Å²) in [4.78, 5) is 52.1. The Morgan fingerprint density at radius 3 is 2.97 bits per heavy atom. The fraction of sp³-hybridized carbons (Fsp3) is 0.471. The number of thioether (sulfide) groups is 2. The van der Waals surface area contributed by atoms with E-state index in [1.807, 2.05) is 0 Å². The molecular weight excluding hydrogens is 488 g/mol. The molecule has 2 aliphatic rings. The van der Waals surface area contributed by atoms with Crippen LogP contribution in [0.4, 0.5) is 5.82 Å². The number of nitrogens with one attached hydrogen (secondary N) is 2. The summed E-state index contributed by atoms with van der Waals surface area (Å²) in [6, 6.07) is 0.582. The van der Waals surface area contributed by atoms with Crippen LogP contribution < -0.4 is 11.1 Å². The topological polar surface area (TPSA) is 215 Å². The Morgan fingerprint density at radius 1 is 1.53 bits per heavy atom. The van der Waals surface area contributed by atoms with Crippen molar-refractivity contribution in [3.05, 3.63) is 18.1 Å². The van der Waals surface area contributed by atoms with E-state index in [-0.39, 0.29) is 29.7 Å². The van der Waals surface area contributed by atoms with Crippen molar-refractivity contribution >= 4 is 52.8 Å². The molecule has 15 nitrogen and oxygen atoms in total. The van der Waals surface area contributed by atoms with Gasteiger partial charge in [0.1, 0.15) is 29.8 Å². The molecule has 180 valence electrons. The number of nitrogens with two attached hydrogens (primary N) is 1. The zero-order valence-electron chi connectivity index (χ0n) is 17.9. The molecule has 2 aromatic rings. The highest BCUT2D eigenvalue weighted by molar-refractivity contribution is 8.01. The van der Waals surface area contributed by atoms with E-state index in [0.717, 1.165) is 0 Å². The van der Waals surface area contributed by atoms with Crippen LogP contribution in [0.5, 0.6) is 0 Å². The van der Waals surface area contributed by atoms with E-state index in [1.165, 1.54) is 47.8 Å². The number of carbonyl (C=O) groups is 3. The van der Waals surface area contributed by atoms with E-state index in [0.29, 0.717) is 5.16 Å². The first kappa shape index (κ1) is 23.7. The maximum Gasteiger partial charge on any atom is 0.313 e. The number of aliphatic carboxylic acids is 1. The van der Waals surface area contributed by atoms with Crippen LogP contribution in [0.2, 0.25) is 0 Å². The first-order chi connectivity index (χ1) is 16.3. The monoisotopic (exact) mass is 508 g/mol. The number of carboxylic acid groups (broad SMARTS) is 1. The molecule has 0 radical (unpaired) electrons. The Bertz CT molecular complexity index is 1130. The number of aromatic amines is 1. The fourth-order valence-electron chi connectivity index (χ4n) is 3.60. The van der Waals surface area contributed by atoms with Gasteiger partial charge in [0, 0.05) is 23.7 Å². The van der Waals surface area contributed by atoms with E-state index < -0.39 is 39.9 Å². The highest BCUT2D eigenvalue weighted by atomic mass is 32.2. The molecule has 0 aromatic carbocycles. The molecule has 2 saturated heterocycles. The van der Waals surface area contributed by atoms with Gasteiger partial charge in [-0.2, -0.15) is 0 Å². The van der Waals surface area contributed by atoms with Crippen LogP contribution in [0.15, 0.2) is 22.6 Å². The molecule has 3 unspecified atom stereocenters. The molecule has 17 heteroatoms. The first-order valence-electron chi connectivity index (χ1n) is 9.83. The van der Waals surface area contributed by atoms with Crippen molar-refractivity contribution in [3.8, 4) is 0 Å². The van der Waals surface area contributed by atoms with Gasteiger partial charge in [-0.3, -0.25) is 14.4 Å². The summed E-state index contributed by atoms with van der Waals surface area (Å²) in [5.74, 6) is -1.86. The normalized spacial score (nSPS) is 25.2. The van der Waals surface area contributed by atoms with Gasteiger partial charge in [0.25, 0.3) is 5.91 Å². The van der Waals surface area contributed by atoms with Crippen LogP contribution in [0, 0.1) is 5.41 Å². The molecule has 2 fully saturated rings. The Balaban J connectivity index is 1.46. The minimum Gasteiger partial charge on any atom is -0.481 e. The zero-order valence-corrected chi connectivity index (χ0v) is 19.5. The lowest BCUT2D eigenvalue weighted by Crippen LogP contribution is -2.74. The molecule has 0 saturated carbocycles. The minimum atomic E-state index is -1.23. The summed E-state index contributed by atoms with van der Waals surface area (Å²) in [5, 5.41) is 29.2. The number of amides is 2. The van der Waals surface area contributed by atoms with Crippen LogP contribution in [0.3, 0.4) is 0 Å². The van der Waals surface area contributed by atoms with E-state index in [9.17, 15) is 19.5 Å². The number of oxime groups is 1. The SMILES string of the molecule is CON=C(C(=O)NC1C(=O)N2CC(C(=O)O)(C(C)Sc3nnn[nH]3)CS[C@H]12)c1nccc(N)n1. The second kappa shape index (κ2) is 9.41. The zero-order chi connectivity index (χ0) is 24.5. The molecule has 2 aliphatic heterocycles. The van der Waals surface area contributed by atoms with Crippen LogP contribution in [-0.4, -0.2) is 100 Å². The molecule has 2 aromatic heterocycles. The summed E-state index contributed by atoms with van der Waals surface area (Å²) in [7, 11) is 1.26. The third-order valence-corrected chi connectivity index (χ3v) is 8.25. The van der Waals surface area contributed by atoms with Crippen molar-refractivity contribution in [2.45, 2.75) is 28.7 Å². The van der Waals surface area contributed by atoms with Gasteiger partial charge in [-0.15, -0.1) is 16.9 Å². The lowest BCUT2D eigenvalue weighted by Gasteiger charge is -2.54. The molecule has 34 heavy (non-hydrogen) atoms. The van der Waals surface area contributed by atoms with Crippen molar-refractivity contribution in [2.75, 3.05) is 25.1 Å². The standard InChI is InChI=1S/C17H20N10O5S2/c1-7(34-16-22-25-26-23-16)17(15(30)31)5-27-13(29)10(14(27)33-6-17)21-12(28)9(24-32-2)11-19-4-3-8(18)20-11/h3-4,7,10,14H,5-6H2,1-2H3,(H,21,28)(H,30,31)(H2,18,19,20)(H,22,23,25,26)/t7?,10?,14-,17?/m1/s1. The van der Waals surface area contributed by atoms with Gasteiger partial charge < -0.3 is 25.9 Å². The predicted molar refractivity (Wildman–Crippen MR) is 119 cm³/mol. The molecule has 0 spiro atoms. The second-order valence-electron chi connectivity index (χ2n) is 7.47. The summed E-state index contributed by atoms with van der Waals surface area (Å²) in [6.45, 7) is 1.74. The van der Waals surface area contributed by atoms with Crippen molar-refractivity contribution < 1.29 is 24.3 Å². The number of tetrazole rings is 1. The van der Waals surface area contributed by atoms with E-state index in [4.69, 9.17) is 10.6 Å². The van der Waals surface area contributed by atoms with Crippen LogP contribution in [-0.2, 0) is 19.2 Å². The van der Waals surface area contributed by atoms with Gasteiger partial charge in [0.05, 0.1) is 0 Å². The molecule has 4 atom stereocenters. The average molecular weight is 509 g/mol. The van der Waals surface area contributed by atoms with Crippen LogP contribution >= 0.6 is 23.5 Å². The van der Waals surface area contributed by atoms with Gasteiger partial charge in [0.2, 0.25) is 16.8 Å². The number of carbonyl (C=O) groups excluding carboxylic acids is 2. The molecular formula is C17H20N10O5S2. The largest absolute Gasteiger partial charge is 0.481 e. The van der Waals surface area contributed by atoms with Gasteiger partial charge >= 0.3 is 5.97 Å². The number of anilines is 1. The van der Waals surface area contributed by atoms with E-state index in [2.05, 4.69) is 41.1 Å². The number of nitrogens with zero attached hydrogens (tertiary/aromatic N) is 7. The minimum absolute atomic E-state index is 0.0156. The third-order valence-electron chi connectivity index (χ3n) is 5.50. The quantitative estimate of drug-likeness (QED) is 0.139. The van der Waals surface area contributed by atoms with Crippen molar-refractivity contribution in [2.24, 2.45) is 10.6 Å². The van der Waals surface area contributed by atoms with Gasteiger partial charge in [-0.05, 0) is 16.5 Å². The number of hydrogen-bond donors (Lipinski definition) is 4. The Kier molecular flexibility index (Phi) is 6.56. The number of carboxylic acids is 1. The Labute approximate surface area is 200 Å². The first-order valence-corrected chi connectivity index (χ1v) is 11.8. The lowest BCUT2D eigenvalue weighted by molar-refractivity contribution is -0.158. The molecule has 4 heterocycles. The lowest BCUT2D eigenvalue weighted by atomic mass is 9.84. The molecule has 2 amide bonds. The highest BCUT2D eigenvalue weighted by Crippen LogP contribution is 2.47. The second-order valence-corrected chi connectivity index (χ2v) is 9.91. The number of fused-ring (bicyclic) bond motifs is 1. The summed E-state index contributed by atoms with van der Waals surface area (Å²) in [5.41, 5.74) is 4.17. The number of H-pyrrole nitrogens is 1. The van der Waals surface area contributed by atoms with Crippen LogP contribution in [0.1, 0.15) is 12.7 Å². The molecule has 5 N–H and O–H groups in total. The van der Waals surface area contributed by atoms with E-state index >= 15 is 0 Å². The molecule has 0 bridgehead atoms. The molecule has 4 rings (SSSR count). The smallest absolute Gasteiger partial charge is 0.313 e. The molecule has 0 aliphatic carbocycles. The maximum absolute atomic E-state index is 12.9. The van der Waals surface area contributed by atoms with Crippen molar-refractivity contribution in [3.63, 3.8) is 0 Å². The predicted octanol–water partition coefficient (Wildman–Crippen LogP) is -1.43. The fourth-order valence-corrected chi connectivity index (χ4v) is 6.37. The number of hydrogen-bond acceptors (Lipinski definition) is 13. The van der Waals surface area contributed by atoms with Gasteiger partial charge in [-0.1, -0.05) is 23.8 Å². The number of rotatable bonds is 8. The Morgan fingerprint density at radius 2 is 2.32 bits per heavy atom. The summed E-state index contributed by atoms with van der Waals surface area (Å²) in [6.07, 6.45) is 1.36. The average Bonchev–Trinajstić information content (AvgIpc) is 3.33. The van der Waals surface area contributed by atoms with Crippen LogP contribution in [0.25, 0.3) is 0 Å². The van der Waals surface area contributed by atoms with Gasteiger partial charge in [-0.25, -0.2) is 15.1 Å². The number of nitrogen functional groups attached to an aromatic ring is 1. The van der Waals surface area contributed by atoms with Gasteiger partial charge in [0.15, 0.2) is 5.82 Å². The van der Waals surface area contributed by atoms with Crippen molar-refractivity contribution in [1.82, 2.24) is 40.8 Å². The van der Waals surface area contributed by atoms with E-state index in [1.54, 1.807) is 6.92 Å². The highest BCUT2D eigenvalue weighted by Gasteiger charge is 2.59. The summed E-state index contributed by atoms with van der Waals surface area (Å²) >= 11 is 2.46. The third kappa shape index (κ3) is 4.23. The van der Waals surface area contributed by atoms with Crippen molar-refractivity contribution in [1.29, 1.82) is 0 Å².